The molecule has 2 rings (SSSR count). The first-order valence-electron chi connectivity index (χ1n) is 8.58. The molecule has 1 atom stereocenters. The molecule has 1 aliphatic rings. The van der Waals surface area contributed by atoms with E-state index in [1.54, 1.807) is 18.2 Å². The maximum absolute atomic E-state index is 11.3. The number of nitrogen functional groups attached to an aromatic ring is 1. The molecule has 6 N–H and O–H groups in total. The third-order valence-corrected chi connectivity index (χ3v) is 4.69. The standard InChI is InChI=1S/C20H26N4O2/c1-11(2)18(16-6-4-13(20(25)26)8-12(16)3)19(23)24-15-5-7-17(22)14(9-15)10-21/h5,7,9-10,13,21H,4,6,8,22H2,1-3H3,(H2,23,24)(H,25,26). The largest absolute Gasteiger partial charge is 0.481 e. The zero-order chi connectivity index (χ0) is 19.4. The first-order chi connectivity index (χ1) is 12.2. The molecule has 138 valence electrons. The van der Waals surface area contributed by atoms with Gasteiger partial charge in [0, 0.05) is 23.0 Å². The van der Waals surface area contributed by atoms with Crippen LogP contribution in [0.5, 0.6) is 0 Å². The predicted octanol–water partition coefficient (Wildman–Crippen LogP) is 3.79. The van der Waals surface area contributed by atoms with Crippen LogP contribution < -0.4 is 11.5 Å². The van der Waals surface area contributed by atoms with Crippen LogP contribution >= 0.6 is 0 Å². The summed E-state index contributed by atoms with van der Waals surface area (Å²) in [6, 6.07) is 5.19. The summed E-state index contributed by atoms with van der Waals surface area (Å²) in [4.78, 5) is 15.8. The lowest BCUT2D eigenvalue weighted by molar-refractivity contribution is -0.142. The molecule has 1 aliphatic carbocycles. The number of carboxylic acid groups (broad SMARTS) is 1. The molecule has 0 saturated carbocycles. The third-order valence-electron chi connectivity index (χ3n) is 4.69. The van der Waals surface area contributed by atoms with E-state index in [0.717, 1.165) is 22.3 Å². The molecule has 0 bridgehead atoms. The minimum absolute atomic E-state index is 0.331. The fraction of sp³-hybridized carbons (Fsp3) is 0.350. The number of aliphatic imine (C=N–C) groups is 1. The van der Waals surface area contributed by atoms with Crippen molar-refractivity contribution in [3.05, 3.63) is 46.1 Å². The minimum Gasteiger partial charge on any atom is -0.481 e. The molecule has 0 aliphatic heterocycles. The van der Waals surface area contributed by atoms with Crippen LogP contribution in [0.2, 0.25) is 0 Å². The number of rotatable bonds is 5. The van der Waals surface area contributed by atoms with Gasteiger partial charge in [0.1, 0.15) is 5.84 Å². The van der Waals surface area contributed by atoms with Crippen molar-refractivity contribution >= 4 is 29.4 Å². The van der Waals surface area contributed by atoms with E-state index < -0.39 is 5.97 Å². The lowest BCUT2D eigenvalue weighted by atomic mass is 9.80. The Morgan fingerprint density at radius 2 is 2.08 bits per heavy atom. The lowest BCUT2D eigenvalue weighted by Crippen LogP contribution is -2.23. The van der Waals surface area contributed by atoms with Crippen LogP contribution in [0.1, 0.15) is 45.6 Å². The molecule has 6 heteroatoms. The van der Waals surface area contributed by atoms with Crippen molar-refractivity contribution in [2.75, 3.05) is 5.73 Å². The highest BCUT2D eigenvalue weighted by atomic mass is 16.4. The molecule has 0 spiro atoms. The summed E-state index contributed by atoms with van der Waals surface area (Å²) >= 11 is 0. The van der Waals surface area contributed by atoms with Gasteiger partial charge in [-0.2, -0.15) is 0 Å². The molecule has 0 amide bonds. The molecule has 1 aromatic carbocycles. The van der Waals surface area contributed by atoms with Gasteiger partial charge in [0.2, 0.25) is 0 Å². The summed E-state index contributed by atoms with van der Waals surface area (Å²) < 4.78 is 0. The highest BCUT2D eigenvalue weighted by Crippen LogP contribution is 2.35. The maximum atomic E-state index is 11.3. The van der Waals surface area contributed by atoms with Crippen molar-refractivity contribution in [1.82, 2.24) is 0 Å². The van der Waals surface area contributed by atoms with Crippen LogP contribution in [0.4, 0.5) is 11.4 Å². The van der Waals surface area contributed by atoms with E-state index in [0.29, 0.717) is 42.0 Å². The number of nitrogens with one attached hydrogen (secondary N) is 1. The van der Waals surface area contributed by atoms with Crippen molar-refractivity contribution in [3.63, 3.8) is 0 Å². The Hall–Kier alpha value is -2.89. The van der Waals surface area contributed by atoms with Gasteiger partial charge in [0.05, 0.1) is 11.6 Å². The third kappa shape index (κ3) is 4.20. The number of benzene rings is 1. The summed E-state index contributed by atoms with van der Waals surface area (Å²) in [6.07, 6.45) is 3.00. The normalized spacial score (nSPS) is 17.8. The number of carbonyl (C=O) groups is 1. The molecule has 0 saturated heterocycles. The van der Waals surface area contributed by atoms with E-state index in [2.05, 4.69) is 4.99 Å². The second-order valence-electron chi connectivity index (χ2n) is 6.87. The van der Waals surface area contributed by atoms with Crippen molar-refractivity contribution in [1.29, 1.82) is 5.41 Å². The molecule has 1 unspecified atom stereocenters. The number of nitrogens with two attached hydrogens (primary N) is 2. The first-order valence-corrected chi connectivity index (χ1v) is 8.58. The average Bonchev–Trinajstić information content (AvgIpc) is 2.57. The Morgan fingerprint density at radius 1 is 1.38 bits per heavy atom. The Morgan fingerprint density at radius 3 is 2.62 bits per heavy atom. The van der Waals surface area contributed by atoms with Gasteiger partial charge in [0.25, 0.3) is 0 Å². The molecular formula is C20H26N4O2. The number of anilines is 1. The second-order valence-corrected chi connectivity index (χ2v) is 6.87. The van der Waals surface area contributed by atoms with Crippen LogP contribution in [-0.4, -0.2) is 23.1 Å². The van der Waals surface area contributed by atoms with Gasteiger partial charge >= 0.3 is 5.97 Å². The monoisotopic (exact) mass is 354 g/mol. The Kier molecular flexibility index (Phi) is 5.97. The van der Waals surface area contributed by atoms with E-state index in [-0.39, 0.29) is 5.92 Å². The van der Waals surface area contributed by atoms with Gasteiger partial charge in [-0.1, -0.05) is 11.1 Å². The topological polar surface area (TPSA) is 126 Å². The molecule has 26 heavy (non-hydrogen) atoms. The smallest absolute Gasteiger partial charge is 0.306 e. The van der Waals surface area contributed by atoms with Gasteiger partial charge in [0.15, 0.2) is 0 Å². The molecule has 0 heterocycles. The molecule has 0 aromatic heterocycles. The Labute approximate surface area is 153 Å². The quantitative estimate of drug-likeness (QED) is 0.364. The fourth-order valence-corrected chi connectivity index (χ4v) is 3.34. The maximum Gasteiger partial charge on any atom is 0.306 e. The Bertz CT molecular complexity index is 830. The van der Waals surface area contributed by atoms with E-state index in [4.69, 9.17) is 16.9 Å². The van der Waals surface area contributed by atoms with E-state index >= 15 is 0 Å². The van der Waals surface area contributed by atoms with Crippen molar-refractivity contribution in [3.8, 4) is 0 Å². The van der Waals surface area contributed by atoms with Crippen molar-refractivity contribution in [2.45, 2.75) is 40.0 Å². The van der Waals surface area contributed by atoms with Crippen LogP contribution in [-0.2, 0) is 4.79 Å². The SMILES string of the molecule is CC(C)=C(C(N)=Nc1ccc(N)c(C=N)c1)C1=C(C)CC(C(=O)O)CC1. The highest BCUT2D eigenvalue weighted by Gasteiger charge is 2.26. The molecule has 6 nitrogen and oxygen atoms in total. The number of nitrogens with zero attached hydrogens (tertiary/aromatic N) is 1. The summed E-state index contributed by atoms with van der Waals surface area (Å²) in [5, 5.41) is 16.7. The zero-order valence-electron chi connectivity index (χ0n) is 15.5. The minimum atomic E-state index is -0.746. The fourth-order valence-electron chi connectivity index (χ4n) is 3.34. The Balaban J connectivity index is 2.42. The molecule has 0 radical (unpaired) electrons. The van der Waals surface area contributed by atoms with Crippen LogP contribution in [0.25, 0.3) is 0 Å². The van der Waals surface area contributed by atoms with Crippen molar-refractivity contribution < 1.29 is 9.90 Å². The van der Waals surface area contributed by atoms with Crippen LogP contribution in [0.15, 0.2) is 45.5 Å². The molecule has 0 fully saturated rings. The molecular weight excluding hydrogens is 328 g/mol. The summed E-state index contributed by atoms with van der Waals surface area (Å²) in [7, 11) is 0. The van der Waals surface area contributed by atoms with E-state index in [1.165, 1.54) is 6.21 Å². The summed E-state index contributed by atoms with van der Waals surface area (Å²) in [5.41, 5.74) is 17.9. The molecule has 1 aromatic rings. The number of carboxylic acids is 1. The summed E-state index contributed by atoms with van der Waals surface area (Å²) in [6.45, 7) is 5.93. The van der Waals surface area contributed by atoms with E-state index in [1.807, 2.05) is 20.8 Å². The number of aliphatic carboxylic acids is 1. The number of hydrogen-bond donors (Lipinski definition) is 4. The van der Waals surface area contributed by atoms with Gasteiger partial charge in [-0.25, -0.2) is 4.99 Å². The summed E-state index contributed by atoms with van der Waals surface area (Å²) in [5.74, 6) is -0.679. The van der Waals surface area contributed by atoms with E-state index in [9.17, 15) is 9.90 Å². The highest BCUT2D eigenvalue weighted by molar-refractivity contribution is 6.03. The van der Waals surface area contributed by atoms with Gasteiger partial charge in [-0.15, -0.1) is 0 Å². The number of hydrogen-bond acceptors (Lipinski definition) is 4. The van der Waals surface area contributed by atoms with Crippen LogP contribution in [0, 0.1) is 11.3 Å². The average molecular weight is 354 g/mol. The first kappa shape index (κ1) is 19.4. The van der Waals surface area contributed by atoms with Gasteiger partial charge in [-0.3, -0.25) is 4.79 Å². The lowest BCUT2D eigenvalue weighted by Gasteiger charge is -2.25. The van der Waals surface area contributed by atoms with Gasteiger partial charge in [-0.05, 0) is 63.8 Å². The van der Waals surface area contributed by atoms with Crippen molar-refractivity contribution in [2.24, 2.45) is 16.6 Å². The number of allylic oxidation sites excluding steroid dienone is 2. The van der Waals surface area contributed by atoms with Crippen LogP contribution in [0.3, 0.4) is 0 Å². The second kappa shape index (κ2) is 7.99. The zero-order valence-corrected chi connectivity index (χ0v) is 15.5. The van der Waals surface area contributed by atoms with Gasteiger partial charge < -0.3 is 22.0 Å². The number of amidine groups is 1. The predicted molar refractivity (Wildman–Crippen MR) is 106 cm³/mol.